The Morgan fingerprint density at radius 2 is 1.80 bits per heavy atom. The molecule has 3 amide bonds. The van der Waals surface area contributed by atoms with Gasteiger partial charge in [0.05, 0.1) is 7.11 Å². The summed E-state index contributed by atoms with van der Waals surface area (Å²) < 4.78 is 4.33. The van der Waals surface area contributed by atoms with Gasteiger partial charge in [-0.15, -0.1) is 0 Å². The van der Waals surface area contributed by atoms with Crippen LogP contribution in [0.3, 0.4) is 0 Å². The van der Waals surface area contributed by atoms with Crippen molar-refractivity contribution in [2.24, 2.45) is 0 Å². The molecule has 2 rings (SSSR count). The lowest BCUT2D eigenvalue weighted by molar-refractivity contribution is 0.165. The third kappa shape index (κ3) is 3.38. The first-order valence-corrected chi connectivity index (χ1v) is 6.05. The number of carbonyl (C=O) groups is 2. The van der Waals surface area contributed by atoms with Gasteiger partial charge in [-0.25, -0.2) is 20.4 Å². The molecule has 6 heteroatoms. The van der Waals surface area contributed by atoms with Crippen LogP contribution in [-0.2, 0) is 11.3 Å². The Kier molecular flexibility index (Phi) is 4.39. The molecule has 2 aromatic rings. The molecule has 6 nitrogen and oxygen atoms in total. The molecule has 3 N–H and O–H groups in total. The van der Waals surface area contributed by atoms with Crippen molar-refractivity contribution < 1.29 is 14.3 Å². The number of fused-ring (bicyclic) bond motifs is 1. The van der Waals surface area contributed by atoms with E-state index in [1.807, 2.05) is 42.5 Å². The summed E-state index contributed by atoms with van der Waals surface area (Å²) in [6.07, 6.45) is -0.731. The predicted molar refractivity (Wildman–Crippen MR) is 74.9 cm³/mol. The summed E-state index contributed by atoms with van der Waals surface area (Å²) in [6.45, 7) is 0.357. The number of rotatable bonds is 2. The van der Waals surface area contributed by atoms with Gasteiger partial charge in [-0.05, 0) is 16.3 Å². The van der Waals surface area contributed by atoms with Crippen LogP contribution in [0.5, 0.6) is 0 Å². The highest BCUT2D eigenvalue weighted by Crippen LogP contribution is 2.17. The van der Waals surface area contributed by atoms with Crippen LogP contribution in [0.25, 0.3) is 10.8 Å². The van der Waals surface area contributed by atoms with Crippen molar-refractivity contribution in [3.8, 4) is 0 Å². The van der Waals surface area contributed by atoms with Gasteiger partial charge >= 0.3 is 12.1 Å². The van der Waals surface area contributed by atoms with E-state index in [0.29, 0.717) is 6.54 Å². The number of amides is 3. The van der Waals surface area contributed by atoms with E-state index in [0.717, 1.165) is 16.3 Å². The van der Waals surface area contributed by atoms with Crippen LogP contribution in [0.1, 0.15) is 5.56 Å². The minimum absolute atomic E-state index is 0.357. The molecule has 0 atom stereocenters. The van der Waals surface area contributed by atoms with E-state index < -0.39 is 12.1 Å². The monoisotopic (exact) mass is 273 g/mol. The molecule has 0 aliphatic carbocycles. The Labute approximate surface area is 116 Å². The second-order valence-corrected chi connectivity index (χ2v) is 4.06. The first kappa shape index (κ1) is 13.7. The van der Waals surface area contributed by atoms with Gasteiger partial charge in [0.1, 0.15) is 0 Å². The van der Waals surface area contributed by atoms with Gasteiger partial charge in [0, 0.05) is 6.54 Å². The van der Waals surface area contributed by atoms with E-state index >= 15 is 0 Å². The van der Waals surface area contributed by atoms with Gasteiger partial charge in [-0.2, -0.15) is 0 Å². The maximum atomic E-state index is 11.5. The number of nitrogens with one attached hydrogen (secondary N) is 3. The van der Waals surface area contributed by atoms with Gasteiger partial charge in [0.2, 0.25) is 0 Å². The first-order valence-electron chi connectivity index (χ1n) is 6.05. The first-order chi connectivity index (χ1) is 9.70. The molecule has 0 fully saturated rings. The van der Waals surface area contributed by atoms with Crippen LogP contribution in [-0.4, -0.2) is 19.2 Å². The molecular formula is C14H15N3O3. The van der Waals surface area contributed by atoms with Crippen molar-refractivity contribution in [3.63, 3.8) is 0 Å². The molecule has 0 unspecified atom stereocenters. The van der Waals surface area contributed by atoms with Crippen LogP contribution in [0.15, 0.2) is 42.5 Å². The Morgan fingerprint density at radius 1 is 1.05 bits per heavy atom. The lowest BCUT2D eigenvalue weighted by Gasteiger charge is -2.10. The molecular weight excluding hydrogens is 258 g/mol. The maximum absolute atomic E-state index is 11.5. The van der Waals surface area contributed by atoms with Crippen molar-refractivity contribution in [3.05, 3.63) is 48.0 Å². The minimum Gasteiger partial charge on any atom is -0.452 e. The summed E-state index contributed by atoms with van der Waals surface area (Å²) in [5, 5.41) is 4.84. The fourth-order valence-electron chi connectivity index (χ4n) is 1.83. The number of carbonyl (C=O) groups excluding carboxylic acids is 2. The number of methoxy groups -OCH3 is 1. The molecule has 0 aromatic heterocycles. The summed E-state index contributed by atoms with van der Waals surface area (Å²) in [5.41, 5.74) is 5.26. The quantitative estimate of drug-likeness (QED) is 0.731. The third-order valence-electron chi connectivity index (χ3n) is 2.78. The number of hydrazine groups is 1. The maximum Gasteiger partial charge on any atom is 0.425 e. The lowest BCUT2D eigenvalue weighted by Crippen LogP contribution is -2.46. The van der Waals surface area contributed by atoms with Crippen LogP contribution < -0.4 is 16.2 Å². The highest BCUT2D eigenvalue weighted by molar-refractivity contribution is 5.86. The summed E-state index contributed by atoms with van der Waals surface area (Å²) in [5.74, 6) is 0. The van der Waals surface area contributed by atoms with Gasteiger partial charge < -0.3 is 10.1 Å². The highest BCUT2D eigenvalue weighted by Gasteiger charge is 2.04. The Hall–Kier alpha value is -2.76. The second kappa shape index (κ2) is 6.42. The Morgan fingerprint density at radius 3 is 2.60 bits per heavy atom. The van der Waals surface area contributed by atoms with Crippen molar-refractivity contribution in [2.45, 2.75) is 6.54 Å². The zero-order valence-corrected chi connectivity index (χ0v) is 11.0. The van der Waals surface area contributed by atoms with Crippen molar-refractivity contribution in [1.82, 2.24) is 16.2 Å². The summed E-state index contributed by atoms with van der Waals surface area (Å²) in [6, 6.07) is 13.3. The molecule has 2 aromatic carbocycles. The molecule has 0 aliphatic rings. The normalized spacial score (nSPS) is 9.85. The molecule has 0 aliphatic heterocycles. The molecule has 0 radical (unpaired) electrons. The van der Waals surface area contributed by atoms with E-state index in [4.69, 9.17) is 0 Å². The fourth-order valence-corrected chi connectivity index (χ4v) is 1.83. The van der Waals surface area contributed by atoms with Crippen molar-refractivity contribution >= 4 is 22.9 Å². The molecule has 0 bridgehead atoms. The lowest BCUT2D eigenvalue weighted by atomic mass is 10.0. The predicted octanol–water partition coefficient (Wildman–Crippen LogP) is 1.91. The zero-order valence-electron chi connectivity index (χ0n) is 11.0. The molecule has 0 saturated carbocycles. The Balaban J connectivity index is 1.96. The third-order valence-corrected chi connectivity index (χ3v) is 2.78. The van der Waals surface area contributed by atoms with Gasteiger partial charge in [0.25, 0.3) is 0 Å². The molecule has 0 saturated heterocycles. The van der Waals surface area contributed by atoms with E-state index in [2.05, 4.69) is 20.9 Å². The van der Waals surface area contributed by atoms with Gasteiger partial charge in [0.15, 0.2) is 0 Å². The highest BCUT2D eigenvalue weighted by atomic mass is 16.5. The van der Waals surface area contributed by atoms with Crippen LogP contribution in [0, 0.1) is 0 Å². The van der Waals surface area contributed by atoms with Crippen molar-refractivity contribution in [1.29, 1.82) is 0 Å². The molecule has 104 valence electrons. The fraction of sp³-hybridized carbons (Fsp3) is 0.143. The summed E-state index contributed by atoms with van der Waals surface area (Å²) in [7, 11) is 1.21. The number of benzene rings is 2. The number of hydrogen-bond donors (Lipinski definition) is 3. The average molecular weight is 273 g/mol. The SMILES string of the molecule is COC(=O)NNC(=O)NCc1cccc2ccccc12. The average Bonchev–Trinajstić information content (AvgIpc) is 2.50. The number of urea groups is 1. The number of ether oxygens (including phenoxy) is 1. The molecule has 0 spiro atoms. The van der Waals surface area contributed by atoms with E-state index in [9.17, 15) is 9.59 Å². The second-order valence-electron chi connectivity index (χ2n) is 4.06. The van der Waals surface area contributed by atoms with E-state index in [-0.39, 0.29) is 0 Å². The number of hydrogen-bond acceptors (Lipinski definition) is 3. The largest absolute Gasteiger partial charge is 0.452 e. The standard InChI is InChI=1S/C14H15N3O3/c1-20-14(19)17-16-13(18)15-9-11-7-4-6-10-5-2-3-8-12(10)11/h2-8H,9H2,1H3,(H,17,19)(H2,15,16,18). The Bertz CT molecular complexity index is 623. The minimum atomic E-state index is -0.731. The van der Waals surface area contributed by atoms with Crippen LogP contribution in [0.4, 0.5) is 9.59 Å². The smallest absolute Gasteiger partial charge is 0.425 e. The molecule has 20 heavy (non-hydrogen) atoms. The van der Waals surface area contributed by atoms with E-state index in [1.54, 1.807) is 0 Å². The summed E-state index contributed by atoms with van der Waals surface area (Å²) in [4.78, 5) is 22.3. The van der Waals surface area contributed by atoms with E-state index in [1.165, 1.54) is 7.11 Å². The van der Waals surface area contributed by atoms with Crippen LogP contribution >= 0.6 is 0 Å². The molecule has 0 heterocycles. The summed E-state index contributed by atoms with van der Waals surface area (Å²) >= 11 is 0. The topological polar surface area (TPSA) is 79.5 Å². The van der Waals surface area contributed by atoms with Crippen molar-refractivity contribution in [2.75, 3.05) is 7.11 Å². The van der Waals surface area contributed by atoms with Gasteiger partial charge in [-0.3, -0.25) is 0 Å². The van der Waals surface area contributed by atoms with Gasteiger partial charge in [-0.1, -0.05) is 42.5 Å². The van der Waals surface area contributed by atoms with Crippen LogP contribution in [0.2, 0.25) is 0 Å². The zero-order chi connectivity index (χ0) is 14.4.